The van der Waals surface area contributed by atoms with E-state index >= 15 is 0 Å². The van der Waals surface area contributed by atoms with Gasteiger partial charge in [-0.05, 0) is 36.9 Å². The molecule has 1 N–H and O–H groups in total. The van der Waals surface area contributed by atoms with Gasteiger partial charge in [-0.3, -0.25) is 20.2 Å². The van der Waals surface area contributed by atoms with Crippen LogP contribution in [0.1, 0.15) is 15.9 Å². The van der Waals surface area contributed by atoms with Gasteiger partial charge in [-0.25, -0.2) is 4.98 Å². The first-order chi connectivity index (χ1) is 11.5. The van der Waals surface area contributed by atoms with Crippen molar-refractivity contribution >= 4 is 50.0 Å². The second-order valence-electron chi connectivity index (χ2n) is 5.04. The van der Waals surface area contributed by atoms with Crippen molar-refractivity contribution < 1.29 is 9.72 Å². The molecule has 3 rings (SSSR count). The monoisotopic (exact) mass is 359 g/mol. The number of fused-ring (bicyclic) bond motifs is 1. The zero-order valence-corrected chi connectivity index (χ0v) is 14.5. The molecule has 1 aromatic heterocycles. The van der Waals surface area contributed by atoms with Crippen molar-refractivity contribution in [2.45, 2.75) is 11.8 Å². The van der Waals surface area contributed by atoms with Gasteiger partial charge in [0.25, 0.3) is 11.6 Å². The van der Waals surface area contributed by atoms with Crippen molar-refractivity contribution in [2.75, 3.05) is 11.6 Å². The van der Waals surface area contributed by atoms with E-state index in [4.69, 9.17) is 0 Å². The standard InChI is InChI=1S/C16H13N3O3S2/c1-9-4-3-5-13-14(9)17-16(24-13)18-15(20)10-6-7-12(23-2)11(8-10)19(21)22/h3-8H,1-2H3,(H,17,18,20). The summed E-state index contributed by atoms with van der Waals surface area (Å²) in [5, 5.41) is 14.3. The van der Waals surface area contributed by atoms with E-state index in [0.717, 1.165) is 15.8 Å². The number of thiazole rings is 1. The summed E-state index contributed by atoms with van der Waals surface area (Å²) in [4.78, 5) is 28.0. The molecule has 0 atom stereocenters. The van der Waals surface area contributed by atoms with Gasteiger partial charge in [0.05, 0.1) is 20.0 Å². The van der Waals surface area contributed by atoms with E-state index < -0.39 is 10.8 Å². The van der Waals surface area contributed by atoms with Crippen LogP contribution in [0.3, 0.4) is 0 Å². The Bertz CT molecular complexity index is 953. The summed E-state index contributed by atoms with van der Waals surface area (Å²) >= 11 is 2.64. The third kappa shape index (κ3) is 3.10. The minimum Gasteiger partial charge on any atom is -0.298 e. The van der Waals surface area contributed by atoms with Gasteiger partial charge >= 0.3 is 0 Å². The molecule has 0 fully saturated rings. The number of nitro groups is 1. The quantitative estimate of drug-likeness (QED) is 0.421. The van der Waals surface area contributed by atoms with Crippen molar-refractivity contribution in [3.8, 4) is 0 Å². The average molecular weight is 359 g/mol. The fourth-order valence-electron chi connectivity index (χ4n) is 2.28. The Balaban J connectivity index is 1.90. The van der Waals surface area contributed by atoms with Crippen LogP contribution in [0.4, 0.5) is 10.8 Å². The Hall–Kier alpha value is -2.45. The fraction of sp³-hybridized carbons (Fsp3) is 0.125. The number of rotatable bonds is 4. The summed E-state index contributed by atoms with van der Waals surface area (Å²) in [5.41, 5.74) is 2.04. The number of aromatic nitrogens is 1. The van der Waals surface area contributed by atoms with E-state index in [1.807, 2.05) is 25.1 Å². The van der Waals surface area contributed by atoms with E-state index in [9.17, 15) is 14.9 Å². The summed E-state index contributed by atoms with van der Waals surface area (Å²) in [5.74, 6) is -0.414. The van der Waals surface area contributed by atoms with E-state index in [-0.39, 0.29) is 11.3 Å². The molecule has 2 aromatic carbocycles. The SMILES string of the molecule is CSc1ccc(C(=O)Nc2nc3c(C)cccc3s2)cc1[N+](=O)[O-]. The molecule has 0 radical (unpaired) electrons. The molecule has 0 saturated carbocycles. The van der Waals surface area contributed by atoms with Crippen molar-refractivity contribution in [3.63, 3.8) is 0 Å². The molecule has 1 heterocycles. The number of hydrogen-bond donors (Lipinski definition) is 1. The zero-order chi connectivity index (χ0) is 17.3. The number of nitrogens with zero attached hydrogens (tertiary/aromatic N) is 2. The predicted molar refractivity (Wildman–Crippen MR) is 97.2 cm³/mol. The smallest absolute Gasteiger partial charge is 0.283 e. The lowest BCUT2D eigenvalue weighted by atomic mass is 10.2. The topological polar surface area (TPSA) is 85.1 Å². The average Bonchev–Trinajstić information content (AvgIpc) is 2.98. The van der Waals surface area contributed by atoms with Crippen LogP contribution in [0.25, 0.3) is 10.2 Å². The Morgan fingerprint density at radius 3 is 2.79 bits per heavy atom. The molecule has 8 heteroatoms. The van der Waals surface area contributed by atoms with Crippen molar-refractivity contribution in [3.05, 3.63) is 57.6 Å². The molecule has 0 aliphatic rings. The van der Waals surface area contributed by atoms with Crippen LogP contribution in [0.2, 0.25) is 0 Å². The van der Waals surface area contributed by atoms with E-state index in [1.54, 1.807) is 18.4 Å². The summed E-state index contributed by atoms with van der Waals surface area (Å²) in [6, 6.07) is 10.3. The summed E-state index contributed by atoms with van der Waals surface area (Å²) in [6.07, 6.45) is 1.76. The lowest BCUT2D eigenvalue weighted by Crippen LogP contribution is -2.12. The normalized spacial score (nSPS) is 10.8. The first-order valence-corrected chi connectivity index (χ1v) is 9.03. The van der Waals surface area contributed by atoms with Crippen LogP contribution in [-0.2, 0) is 0 Å². The highest BCUT2D eigenvalue weighted by molar-refractivity contribution is 7.98. The van der Waals surface area contributed by atoms with Crippen LogP contribution in [-0.4, -0.2) is 22.1 Å². The van der Waals surface area contributed by atoms with Crippen molar-refractivity contribution in [1.29, 1.82) is 0 Å². The summed E-state index contributed by atoms with van der Waals surface area (Å²) in [7, 11) is 0. The molecule has 0 unspecified atom stereocenters. The Morgan fingerprint density at radius 1 is 1.33 bits per heavy atom. The number of anilines is 1. The number of aryl methyl sites for hydroxylation is 1. The lowest BCUT2D eigenvalue weighted by molar-refractivity contribution is -0.387. The fourth-order valence-corrected chi connectivity index (χ4v) is 3.77. The molecule has 0 bridgehead atoms. The minimum absolute atomic E-state index is 0.0738. The predicted octanol–water partition coefficient (Wildman–Crippen LogP) is 4.49. The first-order valence-electron chi connectivity index (χ1n) is 6.99. The van der Waals surface area contributed by atoms with E-state index in [1.165, 1.54) is 29.2 Å². The summed E-state index contributed by atoms with van der Waals surface area (Å²) in [6.45, 7) is 1.96. The number of hydrogen-bond acceptors (Lipinski definition) is 6. The maximum atomic E-state index is 12.4. The minimum atomic E-state index is -0.482. The number of carbonyl (C=O) groups excluding carboxylic acids is 1. The lowest BCUT2D eigenvalue weighted by Gasteiger charge is -2.04. The number of para-hydroxylation sites is 1. The maximum absolute atomic E-state index is 12.4. The highest BCUT2D eigenvalue weighted by atomic mass is 32.2. The molecule has 0 spiro atoms. The first kappa shape index (κ1) is 16.4. The van der Waals surface area contributed by atoms with Gasteiger partial charge in [-0.2, -0.15) is 0 Å². The molecule has 122 valence electrons. The number of amides is 1. The van der Waals surface area contributed by atoms with Crippen LogP contribution in [0.15, 0.2) is 41.3 Å². The zero-order valence-electron chi connectivity index (χ0n) is 12.9. The maximum Gasteiger partial charge on any atom is 0.283 e. The third-order valence-corrected chi connectivity index (χ3v) is 5.20. The number of benzene rings is 2. The molecule has 0 saturated heterocycles. The molecule has 0 aliphatic carbocycles. The van der Waals surface area contributed by atoms with E-state index in [0.29, 0.717) is 10.0 Å². The third-order valence-electron chi connectivity index (χ3n) is 3.48. The van der Waals surface area contributed by atoms with Crippen LogP contribution in [0, 0.1) is 17.0 Å². The molecule has 1 amide bonds. The van der Waals surface area contributed by atoms with Crippen LogP contribution in [0.5, 0.6) is 0 Å². The number of thioether (sulfide) groups is 1. The summed E-state index contributed by atoms with van der Waals surface area (Å²) < 4.78 is 0.981. The van der Waals surface area contributed by atoms with Gasteiger partial charge in [0.1, 0.15) is 0 Å². The van der Waals surface area contributed by atoms with Gasteiger partial charge in [-0.1, -0.05) is 23.5 Å². The molecule has 24 heavy (non-hydrogen) atoms. The Labute approximate surface area is 146 Å². The largest absolute Gasteiger partial charge is 0.298 e. The van der Waals surface area contributed by atoms with Gasteiger partial charge in [0, 0.05) is 11.6 Å². The number of nitro benzene ring substituents is 1. The highest BCUT2D eigenvalue weighted by Gasteiger charge is 2.18. The van der Waals surface area contributed by atoms with Gasteiger partial charge in [0.15, 0.2) is 5.13 Å². The molecule has 3 aromatic rings. The highest BCUT2D eigenvalue weighted by Crippen LogP contribution is 2.30. The van der Waals surface area contributed by atoms with Gasteiger partial charge in [0.2, 0.25) is 0 Å². The van der Waals surface area contributed by atoms with Crippen LogP contribution >= 0.6 is 23.1 Å². The number of carbonyl (C=O) groups is 1. The number of nitrogens with one attached hydrogen (secondary N) is 1. The second kappa shape index (κ2) is 6.58. The molecule has 0 aliphatic heterocycles. The van der Waals surface area contributed by atoms with Crippen molar-refractivity contribution in [2.24, 2.45) is 0 Å². The van der Waals surface area contributed by atoms with E-state index in [2.05, 4.69) is 10.3 Å². The van der Waals surface area contributed by atoms with Gasteiger partial charge < -0.3 is 0 Å². The Kier molecular flexibility index (Phi) is 4.50. The second-order valence-corrected chi connectivity index (χ2v) is 6.92. The molecule has 6 nitrogen and oxygen atoms in total. The molecular formula is C16H13N3O3S2. The molecular weight excluding hydrogens is 346 g/mol. The van der Waals surface area contributed by atoms with Crippen molar-refractivity contribution in [1.82, 2.24) is 4.98 Å². The Morgan fingerprint density at radius 2 is 2.12 bits per heavy atom. The van der Waals surface area contributed by atoms with Crippen LogP contribution < -0.4 is 5.32 Å². The van der Waals surface area contributed by atoms with Gasteiger partial charge in [-0.15, -0.1) is 11.8 Å².